The number of rotatable bonds is 5. The molecule has 0 aliphatic heterocycles. The lowest BCUT2D eigenvalue weighted by Crippen LogP contribution is -2.29. The second-order valence-corrected chi connectivity index (χ2v) is 4.47. The van der Waals surface area contributed by atoms with E-state index in [1.54, 1.807) is 0 Å². The van der Waals surface area contributed by atoms with E-state index in [9.17, 15) is 5.11 Å². The second-order valence-electron chi connectivity index (χ2n) is 4.47. The summed E-state index contributed by atoms with van der Waals surface area (Å²) < 4.78 is 5.17. The van der Waals surface area contributed by atoms with Crippen LogP contribution in [0.5, 0.6) is 0 Å². The molecule has 0 fully saturated rings. The normalized spacial score (nSPS) is 12.7. The number of aromatic nitrogens is 2. The van der Waals surface area contributed by atoms with Gasteiger partial charge in [0, 0.05) is 5.56 Å². The van der Waals surface area contributed by atoms with Crippen LogP contribution in [0.2, 0.25) is 0 Å². The number of nitrogens with one attached hydrogen (secondary N) is 1. The average Bonchev–Trinajstić information content (AvgIpc) is 2.85. The van der Waals surface area contributed by atoms with E-state index in [-0.39, 0.29) is 18.6 Å². The van der Waals surface area contributed by atoms with Gasteiger partial charge in [-0.15, -0.1) is 0 Å². The molecule has 0 aliphatic rings. The van der Waals surface area contributed by atoms with Gasteiger partial charge in [0.1, 0.15) is 0 Å². The molecule has 1 heterocycles. The minimum atomic E-state index is -0.0776. The smallest absolute Gasteiger partial charge is 0.264 e. The highest BCUT2D eigenvalue weighted by molar-refractivity contribution is 5.53. The Bertz CT molecular complexity index is 482. The fourth-order valence-corrected chi connectivity index (χ4v) is 1.57. The van der Waals surface area contributed by atoms with Crippen LogP contribution < -0.4 is 5.32 Å². The van der Waals surface area contributed by atoms with Gasteiger partial charge in [-0.05, 0) is 23.2 Å². The number of aliphatic hydroxyl groups is 1. The zero-order valence-corrected chi connectivity index (χ0v) is 10.5. The van der Waals surface area contributed by atoms with E-state index in [2.05, 4.69) is 15.5 Å². The van der Waals surface area contributed by atoms with Gasteiger partial charge in [-0.2, -0.15) is 4.98 Å². The van der Waals surface area contributed by atoms with Gasteiger partial charge in [0.05, 0.1) is 12.6 Å². The molecule has 0 spiro atoms. The fourth-order valence-electron chi connectivity index (χ4n) is 1.57. The van der Waals surface area contributed by atoms with E-state index in [0.717, 1.165) is 5.56 Å². The van der Waals surface area contributed by atoms with Gasteiger partial charge in [-0.25, -0.2) is 0 Å². The number of hydrogen-bond acceptors (Lipinski definition) is 5. The first-order valence-electron chi connectivity index (χ1n) is 5.97. The van der Waals surface area contributed by atoms with Crippen molar-refractivity contribution in [3.63, 3.8) is 0 Å². The summed E-state index contributed by atoms with van der Waals surface area (Å²) in [4.78, 5) is 4.25. The van der Waals surface area contributed by atoms with Crippen LogP contribution in [-0.2, 0) is 0 Å². The lowest BCUT2D eigenvalue weighted by molar-refractivity contribution is 0.248. The van der Waals surface area contributed by atoms with Crippen LogP contribution in [0, 0.1) is 5.92 Å². The molecule has 0 saturated heterocycles. The summed E-state index contributed by atoms with van der Waals surface area (Å²) in [5.74, 6) is 1.16. The standard InChI is InChI=1S/C13H17N3O2/c1-9(2)11(8-17)14-13-15-12(18-16-13)10-6-4-3-5-7-10/h3-7,9,11,17H,8H2,1-2H3,(H,14,16)/t11-/m1/s1. The van der Waals surface area contributed by atoms with Crippen molar-refractivity contribution in [3.8, 4) is 11.5 Å². The molecule has 0 amide bonds. The molecule has 0 saturated carbocycles. The van der Waals surface area contributed by atoms with Crippen LogP contribution >= 0.6 is 0 Å². The topological polar surface area (TPSA) is 71.2 Å². The van der Waals surface area contributed by atoms with Crippen molar-refractivity contribution in [1.29, 1.82) is 0 Å². The van der Waals surface area contributed by atoms with E-state index >= 15 is 0 Å². The van der Waals surface area contributed by atoms with Crippen LogP contribution in [0.15, 0.2) is 34.9 Å². The largest absolute Gasteiger partial charge is 0.394 e. The van der Waals surface area contributed by atoms with Crippen molar-refractivity contribution in [2.75, 3.05) is 11.9 Å². The molecule has 96 valence electrons. The van der Waals surface area contributed by atoms with Crippen LogP contribution in [0.25, 0.3) is 11.5 Å². The Balaban J connectivity index is 2.11. The molecule has 1 aromatic heterocycles. The van der Waals surface area contributed by atoms with E-state index in [4.69, 9.17) is 4.52 Å². The minimum Gasteiger partial charge on any atom is -0.394 e. The molecule has 0 radical (unpaired) electrons. The van der Waals surface area contributed by atoms with Crippen molar-refractivity contribution in [3.05, 3.63) is 30.3 Å². The molecule has 0 aliphatic carbocycles. The fraction of sp³-hybridized carbons (Fsp3) is 0.385. The summed E-state index contributed by atoms with van der Waals surface area (Å²) in [5, 5.41) is 16.1. The van der Waals surface area contributed by atoms with Crippen LogP contribution in [-0.4, -0.2) is 27.9 Å². The van der Waals surface area contributed by atoms with E-state index in [1.807, 2.05) is 44.2 Å². The highest BCUT2D eigenvalue weighted by Crippen LogP contribution is 2.18. The number of hydrogen-bond donors (Lipinski definition) is 2. The van der Waals surface area contributed by atoms with Gasteiger partial charge in [-0.3, -0.25) is 0 Å². The summed E-state index contributed by atoms with van der Waals surface area (Å²) in [5.41, 5.74) is 0.878. The molecule has 2 N–H and O–H groups in total. The van der Waals surface area contributed by atoms with Gasteiger partial charge < -0.3 is 14.9 Å². The van der Waals surface area contributed by atoms with Crippen LogP contribution in [0.1, 0.15) is 13.8 Å². The Kier molecular flexibility index (Phi) is 3.94. The molecule has 5 nitrogen and oxygen atoms in total. The third kappa shape index (κ3) is 2.87. The Morgan fingerprint density at radius 3 is 2.61 bits per heavy atom. The highest BCUT2D eigenvalue weighted by Gasteiger charge is 2.15. The Morgan fingerprint density at radius 1 is 1.28 bits per heavy atom. The molecule has 1 atom stereocenters. The first-order valence-corrected chi connectivity index (χ1v) is 5.97. The molecule has 1 aromatic carbocycles. The second kappa shape index (κ2) is 5.64. The van der Waals surface area contributed by atoms with Crippen molar-refractivity contribution in [1.82, 2.24) is 10.1 Å². The van der Waals surface area contributed by atoms with Crippen LogP contribution in [0.4, 0.5) is 5.95 Å². The van der Waals surface area contributed by atoms with Crippen LogP contribution in [0.3, 0.4) is 0 Å². The Labute approximate surface area is 106 Å². The van der Waals surface area contributed by atoms with E-state index < -0.39 is 0 Å². The number of anilines is 1. The van der Waals surface area contributed by atoms with Gasteiger partial charge >= 0.3 is 0 Å². The third-order valence-corrected chi connectivity index (χ3v) is 2.76. The monoisotopic (exact) mass is 247 g/mol. The molecule has 0 bridgehead atoms. The van der Waals surface area contributed by atoms with Gasteiger partial charge in [0.25, 0.3) is 11.8 Å². The number of aliphatic hydroxyl groups excluding tert-OH is 1. The summed E-state index contributed by atoms with van der Waals surface area (Å²) in [6.07, 6.45) is 0. The maximum Gasteiger partial charge on any atom is 0.264 e. The molecule has 0 unspecified atom stereocenters. The first kappa shape index (κ1) is 12.6. The summed E-state index contributed by atoms with van der Waals surface area (Å²) in [7, 11) is 0. The maximum absolute atomic E-state index is 9.23. The molecule has 5 heteroatoms. The summed E-state index contributed by atoms with van der Waals surface area (Å²) in [6, 6.07) is 9.49. The molecular formula is C13H17N3O2. The predicted molar refractivity (Wildman–Crippen MR) is 69.1 cm³/mol. The first-order chi connectivity index (χ1) is 8.70. The molecule has 2 rings (SSSR count). The number of nitrogens with zero attached hydrogens (tertiary/aromatic N) is 2. The Hall–Kier alpha value is -1.88. The maximum atomic E-state index is 9.23. The average molecular weight is 247 g/mol. The molecule has 2 aromatic rings. The van der Waals surface area contributed by atoms with E-state index in [0.29, 0.717) is 11.8 Å². The zero-order chi connectivity index (χ0) is 13.0. The van der Waals surface area contributed by atoms with Gasteiger partial charge in [0.2, 0.25) is 0 Å². The predicted octanol–water partition coefficient (Wildman–Crippen LogP) is 2.17. The molecule has 18 heavy (non-hydrogen) atoms. The van der Waals surface area contributed by atoms with Crippen molar-refractivity contribution in [2.24, 2.45) is 5.92 Å². The number of benzene rings is 1. The van der Waals surface area contributed by atoms with Crippen molar-refractivity contribution >= 4 is 5.95 Å². The van der Waals surface area contributed by atoms with Crippen molar-refractivity contribution < 1.29 is 9.63 Å². The lowest BCUT2D eigenvalue weighted by atomic mass is 10.1. The summed E-state index contributed by atoms with van der Waals surface area (Å²) in [6.45, 7) is 4.07. The lowest BCUT2D eigenvalue weighted by Gasteiger charge is -2.17. The van der Waals surface area contributed by atoms with Gasteiger partial charge in [0.15, 0.2) is 0 Å². The van der Waals surface area contributed by atoms with Crippen molar-refractivity contribution in [2.45, 2.75) is 19.9 Å². The minimum absolute atomic E-state index is 0.0346. The molecular weight excluding hydrogens is 230 g/mol. The summed E-state index contributed by atoms with van der Waals surface area (Å²) >= 11 is 0. The quantitative estimate of drug-likeness (QED) is 0.847. The van der Waals surface area contributed by atoms with Gasteiger partial charge in [-0.1, -0.05) is 32.0 Å². The highest BCUT2D eigenvalue weighted by atomic mass is 16.5. The van der Waals surface area contributed by atoms with E-state index in [1.165, 1.54) is 0 Å². The third-order valence-electron chi connectivity index (χ3n) is 2.76. The SMILES string of the molecule is CC(C)[C@@H](CO)Nc1noc(-c2ccccc2)n1. The Morgan fingerprint density at radius 2 is 2.00 bits per heavy atom. The zero-order valence-electron chi connectivity index (χ0n) is 10.5.